The summed E-state index contributed by atoms with van der Waals surface area (Å²) >= 11 is 0. The normalized spacial score (nSPS) is 35.5. The zero-order valence-electron chi connectivity index (χ0n) is 16.4. The number of aliphatic hydroxyl groups is 2. The van der Waals surface area contributed by atoms with E-state index in [9.17, 15) is 24.9 Å². The van der Waals surface area contributed by atoms with E-state index in [2.05, 4.69) is 5.92 Å². The van der Waals surface area contributed by atoms with Crippen LogP contribution in [-0.2, 0) is 15.9 Å². The predicted molar refractivity (Wildman–Crippen MR) is 105 cm³/mol. The highest BCUT2D eigenvalue weighted by Gasteiger charge is 2.43. The molecule has 8 heteroatoms. The van der Waals surface area contributed by atoms with Crippen LogP contribution in [0.1, 0.15) is 57.7 Å². The van der Waals surface area contributed by atoms with Crippen molar-refractivity contribution < 1.29 is 34.4 Å². The standard InChI is InChI=1S/C22H23NO7/c1-3-22(28)8-11-6-12-14(24)4-5-15(25)19(12)21(27)18(11)16(9-22)30-17-7-13(23)20(26)10(2)29-17/h1,4-6,10,13,16-17,20,26-28H,7-9,23H2,2H3/t10-,13+,16?,17+,20?,22?/m1/s1. The summed E-state index contributed by atoms with van der Waals surface area (Å²) < 4.78 is 11.7. The molecule has 3 aliphatic rings. The molecule has 0 bridgehead atoms. The first-order valence-electron chi connectivity index (χ1n) is 9.73. The summed E-state index contributed by atoms with van der Waals surface area (Å²) in [6.07, 6.45) is 4.79. The molecule has 0 saturated carbocycles. The number of rotatable bonds is 2. The van der Waals surface area contributed by atoms with Crippen LogP contribution in [0.15, 0.2) is 18.2 Å². The highest BCUT2D eigenvalue weighted by Crippen LogP contribution is 2.46. The molecule has 8 nitrogen and oxygen atoms in total. The number of allylic oxidation sites excluding steroid dienone is 2. The first-order valence-corrected chi connectivity index (χ1v) is 9.73. The fourth-order valence-corrected chi connectivity index (χ4v) is 4.39. The zero-order chi connectivity index (χ0) is 21.8. The molecule has 1 saturated heterocycles. The van der Waals surface area contributed by atoms with Gasteiger partial charge in [-0.25, -0.2) is 0 Å². The topological polar surface area (TPSA) is 139 Å². The zero-order valence-corrected chi connectivity index (χ0v) is 16.4. The van der Waals surface area contributed by atoms with Crippen molar-refractivity contribution in [1.82, 2.24) is 0 Å². The minimum Gasteiger partial charge on any atom is -0.507 e. The molecule has 0 spiro atoms. The number of ether oxygens (including phenoxy) is 2. The van der Waals surface area contributed by atoms with E-state index in [4.69, 9.17) is 21.6 Å². The lowest BCUT2D eigenvalue weighted by Crippen LogP contribution is -2.52. The Hall–Kier alpha value is -2.54. The van der Waals surface area contributed by atoms with Gasteiger partial charge in [-0.2, -0.15) is 0 Å². The third kappa shape index (κ3) is 3.35. The Morgan fingerprint density at radius 3 is 2.70 bits per heavy atom. The third-order valence-corrected chi connectivity index (χ3v) is 5.99. The lowest BCUT2D eigenvalue weighted by molar-refractivity contribution is -0.246. The van der Waals surface area contributed by atoms with Crippen molar-refractivity contribution in [2.75, 3.05) is 0 Å². The number of terminal acetylenes is 1. The van der Waals surface area contributed by atoms with E-state index < -0.39 is 47.8 Å². The second-order valence-corrected chi connectivity index (χ2v) is 8.12. The van der Waals surface area contributed by atoms with Crippen LogP contribution in [0.25, 0.3) is 0 Å². The number of ketones is 2. The van der Waals surface area contributed by atoms with E-state index in [1.165, 1.54) is 6.07 Å². The van der Waals surface area contributed by atoms with Crippen LogP contribution in [0.5, 0.6) is 5.75 Å². The number of carbonyl (C=O) groups is 2. The Morgan fingerprint density at radius 2 is 2.03 bits per heavy atom. The van der Waals surface area contributed by atoms with Crippen molar-refractivity contribution in [1.29, 1.82) is 0 Å². The van der Waals surface area contributed by atoms with E-state index in [1.54, 1.807) is 6.92 Å². The molecule has 6 atom stereocenters. The monoisotopic (exact) mass is 413 g/mol. The maximum atomic E-state index is 12.3. The van der Waals surface area contributed by atoms with Gasteiger partial charge in [0.2, 0.25) is 0 Å². The average molecular weight is 413 g/mol. The first kappa shape index (κ1) is 20.7. The minimum atomic E-state index is -1.57. The molecule has 1 aromatic rings. The number of aromatic hydroxyl groups is 1. The number of phenolic OH excluding ortho intramolecular Hbond substituents is 1. The molecule has 1 aromatic carbocycles. The van der Waals surface area contributed by atoms with Crippen LogP contribution in [-0.4, -0.2) is 57.0 Å². The Morgan fingerprint density at radius 1 is 1.33 bits per heavy atom. The average Bonchev–Trinajstić information content (AvgIpc) is 2.68. The fourth-order valence-electron chi connectivity index (χ4n) is 4.39. The Labute approximate surface area is 173 Å². The molecule has 30 heavy (non-hydrogen) atoms. The number of phenols is 1. The van der Waals surface area contributed by atoms with Crippen LogP contribution < -0.4 is 5.73 Å². The smallest absolute Gasteiger partial charge is 0.190 e. The molecule has 1 fully saturated rings. The summed E-state index contributed by atoms with van der Waals surface area (Å²) in [5.74, 6) is 1.09. The predicted octanol–water partition coefficient (Wildman–Crippen LogP) is 0.519. The second kappa shape index (κ2) is 7.30. The Balaban J connectivity index is 1.76. The summed E-state index contributed by atoms with van der Waals surface area (Å²) in [5, 5.41) is 31.7. The van der Waals surface area contributed by atoms with Gasteiger partial charge in [0.15, 0.2) is 17.9 Å². The molecular weight excluding hydrogens is 390 g/mol. The SMILES string of the molecule is C#CC1(O)Cc2cc3c(c(O)c2C(O[C@H]2C[C@H](N)C(O)[C@@H](C)O2)C1)C(=O)C=CC3=O. The van der Waals surface area contributed by atoms with Gasteiger partial charge in [-0.05, 0) is 30.7 Å². The van der Waals surface area contributed by atoms with Crippen LogP contribution >= 0.6 is 0 Å². The molecule has 0 radical (unpaired) electrons. The van der Waals surface area contributed by atoms with E-state index >= 15 is 0 Å². The lowest BCUT2D eigenvalue weighted by Gasteiger charge is -2.41. The molecule has 1 heterocycles. The van der Waals surface area contributed by atoms with Crippen molar-refractivity contribution in [3.63, 3.8) is 0 Å². The molecule has 2 aliphatic carbocycles. The number of benzene rings is 1. The summed E-state index contributed by atoms with van der Waals surface area (Å²) in [6, 6.07) is 0.904. The van der Waals surface area contributed by atoms with Gasteiger partial charge in [0.05, 0.1) is 23.9 Å². The quantitative estimate of drug-likeness (QED) is 0.515. The van der Waals surface area contributed by atoms with Crippen molar-refractivity contribution in [2.45, 2.75) is 62.4 Å². The van der Waals surface area contributed by atoms with Gasteiger partial charge in [-0.3, -0.25) is 9.59 Å². The number of nitrogens with two attached hydrogens (primary N) is 1. The summed E-state index contributed by atoms with van der Waals surface area (Å²) in [5.41, 5.74) is 5.08. The molecule has 3 unspecified atom stereocenters. The van der Waals surface area contributed by atoms with E-state index in [1.807, 2.05) is 0 Å². The van der Waals surface area contributed by atoms with Crippen LogP contribution in [0.4, 0.5) is 0 Å². The number of hydrogen-bond acceptors (Lipinski definition) is 8. The van der Waals surface area contributed by atoms with Crippen molar-refractivity contribution in [3.05, 3.63) is 40.5 Å². The molecular formula is C22H23NO7. The minimum absolute atomic E-state index is 0.00905. The van der Waals surface area contributed by atoms with Crippen LogP contribution in [0.2, 0.25) is 0 Å². The fraction of sp³-hybridized carbons (Fsp3) is 0.455. The number of carbonyl (C=O) groups excluding carboxylic acids is 2. The molecule has 4 rings (SSSR count). The van der Waals surface area contributed by atoms with Gasteiger partial charge in [-0.1, -0.05) is 5.92 Å². The van der Waals surface area contributed by atoms with Gasteiger partial charge in [0.1, 0.15) is 11.4 Å². The number of fused-ring (bicyclic) bond motifs is 2. The summed E-state index contributed by atoms with van der Waals surface area (Å²) in [7, 11) is 0. The van der Waals surface area contributed by atoms with E-state index in [-0.39, 0.29) is 36.1 Å². The van der Waals surface area contributed by atoms with Crippen LogP contribution in [0.3, 0.4) is 0 Å². The molecule has 158 valence electrons. The van der Waals surface area contributed by atoms with Gasteiger partial charge in [0.25, 0.3) is 0 Å². The number of hydrogen-bond donors (Lipinski definition) is 4. The van der Waals surface area contributed by atoms with E-state index in [0.717, 1.165) is 12.2 Å². The van der Waals surface area contributed by atoms with Crippen molar-refractivity contribution in [3.8, 4) is 18.1 Å². The third-order valence-electron chi connectivity index (χ3n) is 5.99. The van der Waals surface area contributed by atoms with Gasteiger partial charge in [-0.15, -0.1) is 6.42 Å². The molecule has 0 amide bonds. The maximum Gasteiger partial charge on any atom is 0.190 e. The molecule has 5 N–H and O–H groups in total. The van der Waals surface area contributed by atoms with E-state index in [0.29, 0.717) is 11.1 Å². The van der Waals surface area contributed by atoms with Gasteiger partial charge >= 0.3 is 0 Å². The lowest BCUT2D eigenvalue weighted by atomic mass is 9.75. The van der Waals surface area contributed by atoms with Gasteiger partial charge in [0, 0.05) is 36.4 Å². The maximum absolute atomic E-state index is 12.3. The number of aliphatic hydroxyl groups excluding tert-OH is 1. The highest BCUT2D eigenvalue weighted by atomic mass is 16.7. The second-order valence-electron chi connectivity index (χ2n) is 8.12. The largest absolute Gasteiger partial charge is 0.507 e. The first-order chi connectivity index (χ1) is 14.1. The Kier molecular flexibility index (Phi) is 5.04. The summed E-state index contributed by atoms with van der Waals surface area (Å²) in [6.45, 7) is 1.66. The van der Waals surface area contributed by atoms with Crippen molar-refractivity contribution in [2.24, 2.45) is 5.73 Å². The van der Waals surface area contributed by atoms with Crippen LogP contribution in [0, 0.1) is 12.3 Å². The molecule has 1 aliphatic heterocycles. The van der Waals surface area contributed by atoms with Gasteiger partial charge < -0.3 is 30.5 Å². The Bertz CT molecular complexity index is 982. The molecule has 0 aromatic heterocycles. The van der Waals surface area contributed by atoms with Crippen molar-refractivity contribution >= 4 is 11.6 Å². The summed E-state index contributed by atoms with van der Waals surface area (Å²) in [4.78, 5) is 24.6. The highest BCUT2D eigenvalue weighted by molar-refractivity contribution is 6.23.